The number of carbonyl (C=O) groups excluding carboxylic acids is 1. The highest BCUT2D eigenvalue weighted by Gasteiger charge is 2.10. The second kappa shape index (κ2) is 6.24. The van der Waals surface area contributed by atoms with Crippen LogP contribution in [0.5, 0.6) is 0 Å². The van der Waals surface area contributed by atoms with Crippen LogP contribution in [0, 0.1) is 0 Å². The fraction of sp³-hybridized carbons (Fsp3) is 0.143. The van der Waals surface area contributed by atoms with Crippen molar-refractivity contribution in [3.63, 3.8) is 0 Å². The van der Waals surface area contributed by atoms with Gasteiger partial charge < -0.3 is 10.6 Å². The van der Waals surface area contributed by atoms with Gasteiger partial charge in [-0.2, -0.15) is 0 Å². The second-order valence-corrected chi connectivity index (χ2v) is 4.68. The largest absolute Gasteiger partial charge is 0.388 e. The van der Waals surface area contributed by atoms with Crippen LogP contribution < -0.4 is 10.6 Å². The van der Waals surface area contributed by atoms with Gasteiger partial charge in [-0.05, 0) is 30.5 Å². The summed E-state index contributed by atoms with van der Waals surface area (Å²) in [6, 6.07) is 11.2. The van der Waals surface area contributed by atoms with Crippen molar-refractivity contribution in [1.29, 1.82) is 0 Å². The Morgan fingerprint density at radius 3 is 2.79 bits per heavy atom. The Morgan fingerprint density at radius 1 is 1.26 bits per heavy atom. The molecule has 5 heteroatoms. The lowest BCUT2D eigenvalue weighted by atomic mass is 10.2. The quantitative estimate of drug-likeness (QED) is 0.840. The number of benzene rings is 1. The highest BCUT2D eigenvalue weighted by atomic mass is 32.2. The third kappa shape index (κ3) is 3.26. The average Bonchev–Trinajstić information content (AvgIpc) is 2.47. The van der Waals surface area contributed by atoms with Crippen molar-refractivity contribution < 1.29 is 4.79 Å². The van der Waals surface area contributed by atoms with E-state index in [1.54, 1.807) is 31.1 Å². The van der Waals surface area contributed by atoms with Crippen molar-refractivity contribution in [3.05, 3.63) is 48.3 Å². The number of rotatable bonds is 4. The Bertz CT molecular complexity index is 586. The summed E-state index contributed by atoms with van der Waals surface area (Å²) in [5.74, 6) is -0.210. The third-order valence-corrected chi connectivity index (χ3v) is 3.43. The number of thioether (sulfide) groups is 1. The van der Waals surface area contributed by atoms with Crippen molar-refractivity contribution in [2.24, 2.45) is 0 Å². The molecular weight excluding hydrogens is 258 g/mol. The lowest BCUT2D eigenvalue weighted by Gasteiger charge is -2.09. The summed E-state index contributed by atoms with van der Waals surface area (Å²) in [5, 5.41) is 5.86. The number of hydrogen-bond acceptors (Lipinski definition) is 4. The van der Waals surface area contributed by atoms with Gasteiger partial charge in [0.2, 0.25) is 0 Å². The van der Waals surface area contributed by atoms with Crippen molar-refractivity contribution in [1.82, 2.24) is 4.98 Å². The first-order valence-corrected chi connectivity index (χ1v) is 7.05. The molecule has 1 heterocycles. The summed E-state index contributed by atoms with van der Waals surface area (Å²) in [5.41, 5.74) is 2.05. The van der Waals surface area contributed by atoms with Gasteiger partial charge in [-0.15, -0.1) is 11.8 Å². The molecule has 1 amide bonds. The molecule has 0 fully saturated rings. The number of carbonyl (C=O) groups is 1. The Labute approximate surface area is 116 Å². The van der Waals surface area contributed by atoms with E-state index in [9.17, 15) is 4.79 Å². The molecule has 1 aromatic heterocycles. The van der Waals surface area contributed by atoms with Crippen molar-refractivity contribution in [2.75, 3.05) is 23.9 Å². The molecule has 0 unspecified atom stereocenters. The Morgan fingerprint density at radius 2 is 2.05 bits per heavy atom. The summed E-state index contributed by atoms with van der Waals surface area (Å²) in [4.78, 5) is 17.2. The molecule has 2 rings (SSSR count). The maximum Gasteiger partial charge on any atom is 0.274 e. The molecule has 0 saturated carbocycles. The van der Waals surface area contributed by atoms with E-state index in [1.165, 1.54) is 0 Å². The molecule has 19 heavy (non-hydrogen) atoms. The lowest BCUT2D eigenvalue weighted by Crippen LogP contribution is -2.14. The van der Waals surface area contributed by atoms with Crippen molar-refractivity contribution in [2.45, 2.75) is 4.90 Å². The number of amides is 1. The number of para-hydroxylation sites is 1. The van der Waals surface area contributed by atoms with Gasteiger partial charge in [0.05, 0.1) is 5.69 Å². The molecule has 0 aliphatic rings. The topological polar surface area (TPSA) is 54.0 Å². The van der Waals surface area contributed by atoms with Gasteiger partial charge in [0.15, 0.2) is 0 Å². The number of hydrogen-bond donors (Lipinski definition) is 2. The minimum atomic E-state index is -0.210. The molecule has 0 aliphatic carbocycles. The molecule has 0 saturated heterocycles. The summed E-state index contributed by atoms with van der Waals surface area (Å²) >= 11 is 1.59. The Kier molecular flexibility index (Phi) is 4.41. The molecule has 1 aromatic carbocycles. The van der Waals surface area contributed by atoms with Crippen LogP contribution >= 0.6 is 11.8 Å². The van der Waals surface area contributed by atoms with Gasteiger partial charge in [0, 0.05) is 23.8 Å². The SMILES string of the molecule is CNc1ccnc(C(=O)Nc2ccccc2SC)c1. The van der Waals surface area contributed by atoms with E-state index in [2.05, 4.69) is 15.6 Å². The van der Waals surface area contributed by atoms with Gasteiger partial charge in [-0.3, -0.25) is 9.78 Å². The minimum absolute atomic E-state index is 0.210. The summed E-state index contributed by atoms with van der Waals surface area (Å²) in [6.45, 7) is 0. The normalized spacial score (nSPS) is 10.0. The minimum Gasteiger partial charge on any atom is -0.388 e. The molecule has 98 valence electrons. The zero-order valence-electron chi connectivity index (χ0n) is 10.8. The third-order valence-electron chi connectivity index (χ3n) is 2.64. The molecular formula is C14H15N3OS. The molecule has 0 atom stereocenters. The number of nitrogens with zero attached hydrogens (tertiary/aromatic N) is 1. The van der Waals surface area contributed by atoms with Gasteiger partial charge in [-0.1, -0.05) is 12.1 Å². The van der Waals surface area contributed by atoms with Crippen LogP contribution in [0.2, 0.25) is 0 Å². The van der Waals surface area contributed by atoms with E-state index in [-0.39, 0.29) is 5.91 Å². The van der Waals surface area contributed by atoms with E-state index >= 15 is 0 Å². The van der Waals surface area contributed by atoms with Crippen molar-refractivity contribution >= 4 is 29.0 Å². The molecule has 0 radical (unpaired) electrons. The van der Waals surface area contributed by atoms with Gasteiger partial charge in [-0.25, -0.2) is 0 Å². The van der Waals surface area contributed by atoms with Crippen molar-refractivity contribution in [3.8, 4) is 0 Å². The smallest absolute Gasteiger partial charge is 0.274 e. The first-order valence-electron chi connectivity index (χ1n) is 5.83. The number of aromatic nitrogens is 1. The molecule has 4 nitrogen and oxygen atoms in total. The van der Waals surface area contributed by atoms with E-state index in [0.29, 0.717) is 5.69 Å². The molecule has 0 bridgehead atoms. The summed E-state index contributed by atoms with van der Waals surface area (Å²) in [6.07, 6.45) is 3.59. The Hall–Kier alpha value is -2.01. The van der Waals surface area contributed by atoms with Crippen LogP contribution in [0.25, 0.3) is 0 Å². The highest BCUT2D eigenvalue weighted by Crippen LogP contribution is 2.25. The number of pyridine rings is 1. The van der Waals surface area contributed by atoms with E-state index in [4.69, 9.17) is 0 Å². The maximum atomic E-state index is 12.1. The van der Waals surface area contributed by atoms with Crippen LogP contribution in [0.1, 0.15) is 10.5 Å². The van der Waals surface area contributed by atoms with Gasteiger partial charge in [0.25, 0.3) is 5.91 Å². The first-order chi connectivity index (χ1) is 9.24. The second-order valence-electron chi connectivity index (χ2n) is 3.83. The molecule has 2 N–H and O–H groups in total. The van der Waals surface area contributed by atoms with Crippen LogP contribution in [-0.2, 0) is 0 Å². The van der Waals surface area contributed by atoms with Crippen LogP contribution in [-0.4, -0.2) is 24.2 Å². The predicted octanol–water partition coefficient (Wildman–Crippen LogP) is 3.10. The number of anilines is 2. The molecule has 2 aromatic rings. The maximum absolute atomic E-state index is 12.1. The fourth-order valence-electron chi connectivity index (χ4n) is 1.64. The van der Waals surface area contributed by atoms with Gasteiger partial charge in [0.1, 0.15) is 5.69 Å². The van der Waals surface area contributed by atoms with Crippen LogP contribution in [0.3, 0.4) is 0 Å². The predicted molar refractivity (Wildman–Crippen MR) is 80.0 cm³/mol. The van der Waals surface area contributed by atoms with Gasteiger partial charge >= 0.3 is 0 Å². The zero-order chi connectivity index (χ0) is 13.7. The van der Waals surface area contributed by atoms with Crippen LogP contribution in [0.4, 0.5) is 11.4 Å². The lowest BCUT2D eigenvalue weighted by molar-refractivity contribution is 0.102. The van der Waals surface area contributed by atoms with E-state index < -0.39 is 0 Å². The average molecular weight is 273 g/mol. The van der Waals surface area contributed by atoms with Crippen LogP contribution in [0.15, 0.2) is 47.5 Å². The Balaban J connectivity index is 2.20. The first kappa shape index (κ1) is 13.4. The monoisotopic (exact) mass is 273 g/mol. The number of nitrogens with one attached hydrogen (secondary N) is 2. The summed E-state index contributed by atoms with van der Waals surface area (Å²) < 4.78 is 0. The van der Waals surface area contributed by atoms with E-state index in [1.807, 2.05) is 36.6 Å². The summed E-state index contributed by atoms with van der Waals surface area (Å²) in [7, 11) is 1.81. The zero-order valence-corrected chi connectivity index (χ0v) is 11.6. The fourth-order valence-corrected chi connectivity index (χ4v) is 2.20. The van der Waals surface area contributed by atoms with E-state index in [0.717, 1.165) is 16.3 Å². The molecule has 0 spiro atoms. The molecule has 0 aliphatic heterocycles. The highest BCUT2D eigenvalue weighted by molar-refractivity contribution is 7.98. The standard InChI is InChI=1S/C14H15N3OS/c1-15-10-7-8-16-12(9-10)14(18)17-11-5-3-4-6-13(11)19-2/h3-9H,1-2H3,(H,15,16)(H,17,18).